The van der Waals surface area contributed by atoms with E-state index < -0.39 is 5.97 Å². The lowest BCUT2D eigenvalue weighted by atomic mass is 10.2. The molecule has 60 valence electrons. The van der Waals surface area contributed by atoms with Gasteiger partial charge in [0.05, 0.1) is 6.54 Å². The van der Waals surface area contributed by atoms with E-state index >= 15 is 0 Å². The number of hydrogen-bond acceptors (Lipinski definition) is 2. The number of aliphatic carboxylic acids is 1. The minimum absolute atomic E-state index is 0.0757. The van der Waals surface area contributed by atoms with E-state index in [1.165, 1.54) is 0 Å². The van der Waals surface area contributed by atoms with E-state index in [2.05, 4.69) is 5.32 Å². The number of nitrogens with one attached hydrogen (secondary N) is 1. The standard InChI is InChI=1S/C7H15NO2/c1-3-6(4-2)8-5-7(9)10/h6,8H,3-5H2,1-2H3,(H,9,10). The molecular formula is C7H15NO2. The first-order chi connectivity index (χ1) is 4.70. The highest BCUT2D eigenvalue weighted by atomic mass is 16.4. The Morgan fingerprint density at radius 3 is 2.30 bits per heavy atom. The molecule has 0 heterocycles. The Hall–Kier alpha value is -0.570. The summed E-state index contributed by atoms with van der Waals surface area (Å²) in [4.78, 5) is 10.1. The van der Waals surface area contributed by atoms with Crippen LogP contribution in [0.15, 0.2) is 0 Å². The van der Waals surface area contributed by atoms with E-state index in [0.29, 0.717) is 6.04 Å². The molecular weight excluding hydrogens is 130 g/mol. The van der Waals surface area contributed by atoms with Crippen LogP contribution in [-0.2, 0) is 4.79 Å². The van der Waals surface area contributed by atoms with E-state index in [4.69, 9.17) is 5.11 Å². The predicted octanol–water partition coefficient (Wildman–Crippen LogP) is 0.849. The molecule has 0 aromatic rings. The zero-order chi connectivity index (χ0) is 7.98. The zero-order valence-electron chi connectivity index (χ0n) is 6.55. The maximum atomic E-state index is 10.1. The lowest BCUT2D eigenvalue weighted by Crippen LogP contribution is -2.32. The van der Waals surface area contributed by atoms with Crippen molar-refractivity contribution >= 4 is 5.97 Å². The lowest BCUT2D eigenvalue weighted by molar-refractivity contribution is -0.136. The first kappa shape index (κ1) is 9.43. The van der Waals surface area contributed by atoms with E-state index in [0.717, 1.165) is 12.8 Å². The molecule has 0 saturated carbocycles. The fourth-order valence-electron chi connectivity index (χ4n) is 0.809. The van der Waals surface area contributed by atoms with Gasteiger partial charge in [-0.3, -0.25) is 4.79 Å². The second kappa shape index (κ2) is 5.23. The third-order valence-corrected chi connectivity index (χ3v) is 1.53. The molecule has 0 aromatic carbocycles. The average Bonchev–Trinajstić information content (AvgIpc) is 1.90. The molecule has 0 radical (unpaired) electrons. The van der Waals surface area contributed by atoms with Gasteiger partial charge in [0.15, 0.2) is 0 Å². The molecule has 2 N–H and O–H groups in total. The van der Waals surface area contributed by atoms with Crippen molar-refractivity contribution in [3.63, 3.8) is 0 Å². The van der Waals surface area contributed by atoms with Gasteiger partial charge in [0, 0.05) is 6.04 Å². The molecule has 0 aliphatic rings. The number of carboxylic acids is 1. The molecule has 0 aliphatic carbocycles. The van der Waals surface area contributed by atoms with Gasteiger partial charge < -0.3 is 10.4 Å². The molecule has 0 aliphatic heterocycles. The summed E-state index contributed by atoms with van der Waals surface area (Å²) in [5.41, 5.74) is 0. The summed E-state index contributed by atoms with van der Waals surface area (Å²) < 4.78 is 0. The first-order valence-electron chi connectivity index (χ1n) is 3.65. The Balaban J connectivity index is 3.34. The van der Waals surface area contributed by atoms with Crippen molar-refractivity contribution in [3.05, 3.63) is 0 Å². The Kier molecular flexibility index (Phi) is 4.94. The van der Waals surface area contributed by atoms with Crippen LogP contribution < -0.4 is 5.32 Å². The van der Waals surface area contributed by atoms with Crippen molar-refractivity contribution in [1.29, 1.82) is 0 Å². The minimum Gasteiger partial charge on any atom is -0.480 e. The van der Waals surface area contributed by atoms with Crippen LogP contribution in [0.25, 0.3) is 0 Å². The quantitative estimate of drug-likeness (QED) is 0.603. The normalized spacial score (nSPS) is 10.3. The molecule has 0 unspecified atom stereocenters. The van der Waals surface area contributed by atoms with Gasteiger partial charge in [-0.25, -0.2) is 0 Å². The van der Waals surface area contributed by atoms with Gasteiger partial charge in [-0.05, 0) is 12.8 Å². The molecule has 3 heteroatoms. The highest BCUT2D eigenvalue weighted by molar-refractivity contribution is 5.69. The van der Waals surface area contributed by atoms with E-state index in [9.17, 15) is 4.79 Å². The van der Waals surface area contributed by atoms with E-state index in [1.54, 1.807) is 0 Å². The van der Waals surface area contributed by atoms with Crippen LogP contribution in [0.2, 0.25) is 0 Å². The number of carboxylic acid groups (broad SMARTS) is 1. The number of hydrogen-bond donors (Lipinski definition) is 2. The van der Waals surface area contributed by atoms with Crippen molar-refractivity contribution < 1.29 is 9.90 Å². The van der Waals surface area contributed by atoms with Crippen molar-refractivity contribution in [2.24, 2.45) is 0 Å². The summed E-state index contributed by atoms with van der Waals surface area (Å²) in [5.74, 6) is -0.785. The molecule has 3 nitrogen and oxygen atoms in total. The largest absolute Gasteiger partial charge is 0.480 e. The summed E-state index contributed by atoms with van der Waals surface area (Å²) in [5, 5.41) is 11.2. The van der Waals surface area contributed by atoms with Crippen LogP contribution in [0.5, 0.6) is 0 Å². The first-order valence-corrected chi connectivity index (χ1v) is 3.65. The van der Waals surface area contributed by atoms with Crippen LogP contribution in [0.1, 0.15) is 26.7 Å². The van der Waals surface area contributed by atoms with Gasteiger partial charge in [0.1, 0.15) is 0 Å². The van der Waals surface area contributed by atoms with Crippen LogP contribution in [0.4, 0.5) is 0 Å². The topological polar surface area (TPSA) is 49.3 Å². The molecule has 0 bridgehead atoms. The fraction of sp³-hybridized carbons (Fsp3) is 0.857. The Morgan fingerprint density at radius 2 is 2.00 bits per heavy atom. The monoisotopic (exact) mass is 145 g/mol. The minimum atomic E-state index is -0.785. The van der Waals surface area contributed by atoms with Gasteiger partial charge >= 0.3 is 5.97 Å². The summed E-state index contributed by atoms with van der Waals surface area (Å²) in [7, 11) is 0. The molecule has 0 aromatic heterocycles. The Labute approximate surface area is 61.4 Å². The van der Waals surface area contributed by atoms with Gasteiger partial charge in [-0.15, -0.1) is 0 Å². The highest BCUT2D eigenvalue weighted by Crippen LogP contribution is 1.94. The number of carbonyl (C=O) groups is 1. The maximum Gasteiger partial charge on any atom is 0.317 e. The lowest BCUT2D eigenvalue weighted by Gasteiger charge is -2.11. The smallest absolute Gasteiger partial charge is 0.317 e. The summed E-state index contributed by atoms with van der Waals surface area (Å²) in [6.45, 7) is 4.17. The molecule has 0 saturated heterocycles. The van der Waals surface area contributed by atoms with Crippen molar-refractivity contribution in [3.8, 4) is 0 Å². The van der Waals surface area contributed by atoms with Crippen molar-refractivity contribution in [1.82, 2.24) is 5.32 Å². The SMILES string of the molecule is CCC(CC)NCC(=O)O. The summed E-state index contributed by atoms with van der Waals surface area (Å²) in [6, 6.07) is 0.357. The molecule has 0 amide bonds. The number of rotatable bonds is 5. The van der Waals surface area contributed by atoms with Crippen LogP contribution in [0, 0.1) is 0 Å². The van der Waals surface area contributed by atoms with Crippen molar-refractivity contribution in [2.45, 2.75) is 32.7 Å². The second-order valence-electron chi connectivity index (χ2n) is 2.29. The molecule has 0 fully saturated rings. The second-order valence-corrected chi connectivity index (χ2v) is 2.29. The Bertz CT molecular complexity index is 99.8. The van der Waals surface area contributed by atoms with Gasteiger partial charge in [-0.2, -0.15) is 0 Å². The summed E-state index contributed by atoms with van der Waals surface area (Å²) >= 11 is 0. The fourth-order valence-corrected chi connectivity index (χ4v) is 0.809. The van der Waals surface area contributed by atoms with E-state index in [-0.39, 0.29) is 6.54 Å². The van der Waals surface area contributed by atoms with Gasteiger partial charge in [-0.1, -0.05) is 13.8 Å². The molecule has 0 rings (SSSR count). The average molecular weight is 145 g/mol. The zero-order valence-corrected chi connectivity index (χ0v) is 6.55. The highest BCUT2D eigenvalue weighted by Gasteiger charge is 2.03. The maximum absolute atomic E-state index is 10.1. The van der Waals surface area contributed by atoms with E-state index in [1.807, 2.05) is 13.8 Å². The van der Waals surface area contributed by atoms with Crippen molar-refractivity contribution in [2.75, 3.05) is 6.54 Å². The molecule has 0 spiro atoms. The Morgan fingerprint density at radius 1 is 1.50 bits per heavy atom. The summed E-state index contributed by atoms with van der Waals surface area (Å²) in [6.07, 6.45) is 1.98. The van der Waals surface area contributed by atoms with Gasteiger partial charge in [0.2, 0.25) is 0 Å². The molecule has 10 heavy (non-hydrogen) atoms. The third kappa shape index (κ3) is 4.32. The van der Waals surface area contributed by atoms with Crippen LogP contribution in [0.3, 0.4) is 0 Å². The van der Waals surface area contributed by atoms with Gasteiger partial charge in [0.25, 0.3) is 0 Å². The van der Waals surface area contributed by atoms with Crippen LogP contribution in [-0.4, -0.2) is 23.7 Å². The van der Waals surface area contributed by atoms with Crippen LogP contribution >= 0.6 is 0 Å². The third-order valence-electron chi connectivity index (χ3n) is 1.53. The predicted molar refractivity (Wildman–Crippen MR) is 40.0 cm³/mol. The molecule has 0 atom stereocenters.